The average molecular weight is 358 g/mol. The molecule has 0 aliphatic rings. The second-order valence-corrected chi connectivity index (χ2v) is 5.20. The van der Waals surface area contributed by atoms with Crippen molar-refractivity contribution in [2.75, 3.05) is 18.6 Å². The molecule has 0 saturated carbocycles. The number of non-ortho nitro benzene ring substituents is 1. The lowest BCUT2D eigenvalue weighted by molar-refractivity contribution is -0.393. The summed E-state index contributed by atoms with van der Waals surface area (Å²) in [6, 6.07) is 12.7. The summed E-state index contributed by atoms with van der Waals surface area (Å²) in [4.78, 5) is 20.6. The minimum Gasteiger partial charge on any atom is -0.381 e. The van der Waals surface area contributed by atoms with Gasteiger partial charge in [0.15, 0.2) is 0 Å². The van der Waals surface area contributed by atoms with E-state index in [0.29, 0.717) is 25.3 Å². The van der Waals surface area contributed by atoms with E-state index < -0.39 is 15.5 Å². The molecule has 0 atom stereocenters. The average Bonchev–Trinajstić information content (AvgIpc) is 2.65. The van der Waals surface area contributed by atoms with Gasteiger partial charge < -0.3 is 4.74 Å². The van der Waals surface area contributed by atoms with E-state index in [1.54, 1.807) is 0 Å². The predicted octanol–water partition coefficient (Wildman–Crippen LogP) is 3.75. The third kappa shape index (κ3) is 5.08. The second kappa shape index (κ2) is 9.23. The van der Waals surface area contributed by atoms with Crippen molar-refractivity contribution < 1.29 is 14.6 Å². The molecule has 0 fully saturated rings. The van der Waals surface area contributed by atoms with E-state index in [1.807, 2.05) is 37.3 Å². The second-order valence-electron chi connectivity index (χ2n) is 5.20. The Morgan fingerprint density at radius 1 is 1.12 bits per heavy atom. The van der Waals surface area contributed by atoms with Crippen LogP contribution in [0.2, 0.25) is 0 Å². The SMILES string of the molecule is CCOCCC(=NNc1ccc([N+](=O)[O-])cc1[N+](=O)[O-])c1ccccc1. The number of hydrogen-bond acceptors (Lipinski definition) is 7. The maximum Gasteiger partial charge on any atom is 0.301 e. The minimum atomic E-state index is -0.687. The van der Waals surface area contributed by atoms with Gasteiger partial charge in [-0.15, -0.1) is 0 Å². The molecule has 0 saturated heterocycles. The molecule has 0 amide bonds. The van der Waals surface area contributed by atoms with Crippen molar-refractivity contribution in [3.05, 3.63) is 74.3 Å². The fraction of sp³-hybridized carbons (Fsp3) is 0.235. The van der Waals surface area contributed by atoms with Gasteiger partial charge in [-0.1, -0.05) is 30.3 Å². The Hall–Kier alpha value is -3.33. The summed E-state index contributed by atoms with van der Waals surface area (Å²) in [7, 11) is 0. The van der Waals surface area contributed by atoms with Crippen LogP contribution in [0.3, 0.4) is 0 Å². The van der Waals surface area contributed by atoms with Crippen LogP contribution < -0.4 is 5.43 Å². The number of nitrogens with one attached hydrogen (secondary N) is 1. The Kier molecular flexibility index (Phi) is 6.75. The van der Waals surface area contributed by atoms with Crippen LogP contribution in [0.25, 0.3) is 0 Å². The lowest BCUT2D eigenvalue weighted by Crippen LogP contribution is -2.09. The first kappa shape index (κ1) is 19.0. The van der Waals surface area contributed by atoms with Crippen LogP contribution in [0.5, 0.6) is 0 Å². The van der Waals surface area contributed by atoms with Gasteiger partial charge in [-0.25, -0.2) is 0 Å². The molecule has 0 bridgehead atoms. The maximum atomic E-state index is 11.2. The van der Waals surface area contributed by atoms with Crippen molar-refractivity contribution in [3.63, 3.8) is 0 Å². The number of nitrogens with zero attached hydrogens (tertiary/aromatic N) is 3. The summed E-state index contributed by atoms with van der Waals surface area (Å²) in [6.07, 6.45) is 0.506. The van der Waals surface area contributed by atoms with Gasteiger partial charge in [-0.2, -0.15) is 5.10 Å². The number of nitro benzene ring substituents is 2. The normalized spacial score (nSPS) is 11.2. The third-order valence-electron chi connectivity index (χ3n) is 3.49. The van der Waals surface area contributed by atoms with Crippen LogP contribution in [-0.4, -0.2) is 28.8 Å². The van der Waals surface area contributed by atoms with Crippen LogP contribution in [0, 0.1) is 20.2 Å². The topological polar surface area (TPSA) is 120 Å². The first-order valence-corrected chi connectivity index (χ1v) is 7.91. The van der Waals surface area contributed by atoms with E-state index in [4.69, 9.17) is 4.74 Å². The van der Waals surface area contributed by atoms with E-state index in [-0.39, 0.29) is 11.4 Å². The summed E-state index contributed by atoms with van der Waals surface area (Å²) in [6.45, 7) is 2.91. The molecule has 136 valence electrons. The van der Waals surface area contributed by atoms with E-state index in [0.717, 1.165) is 11.6 Å². The van der Waals surface area contributed by atoms with Gasteiger partial charge in [0.1, 0.15) is 5.69 Å². The molecule has 2 aromatic carbocycles. The fourth-order valence-electron chi connectivity index (χ4n) is 2.22. The zero-order chi connectivity index (χ0) is 18.9. The minimum absolute atomic E-state index is 0.0745. The predicted molar refractivity (Wildman–Crippen MR) is 97.5 cm³/mol. The monoisotopic (exact) mass is 358 g/mol. The molecule has 0 aliphatic heterocycles. The maximum absolute atomic E-state index is 11.2. The number of hydrogen-bond donors (Lipinski definition) is 1. The zero-order valence-electron chi connectivity index (χ0n) is 14.1. The van der Waals surface area contributed by atoms with Crippen molar-refractivity contribution in [1.82, 2.24) is 0 Å². The molecular formula is C17H18N4O5. The highest BCUT2D eigenvalue weighted by atomic mass is 16.6. The standard InChI is InChI=1S/C17H18N4O5/c1-2-26-11-10-15(13-6-4-3-5-7-13)18-19-16-9-8-14(20(22)23)12-17(16)21(24)25/h3-9,12,19H,2,10-11H2,1H3. The Morgan fingerprint density at radius 3 is 2.46 bits per heavy atom. The summed E-state index contributed by atoms with van der Waals surface area (Å²) in [5, 5.41) is 26.3. The largest absolute Gasteiger partial charge is 0.381 e. The molecule has 0 spiro atoms. The molecule has 9 nitrogen and oxygen atoms in total. The van der Waals surface area contributed by atoms with Crippen LogP contribution >= 0.6 is 0 Å². The van der Waals surface area contributed by atoms with Crippen molar-refractivity contribution >= 4 is 22.8 Å². The van der Waals surface area contributed by atoms with Gasteiger partial charge in [-0.05, 0) is 18.6 Å². The van der Waals surface area contributed by atoms with E-state index in [9.17, 15) is 20.2 Å². The van der Waals surface area contributed by atoms with Crippen molar-refractivity contribution in [3.8, 4) is 0 Å². The number of rotatable bonds is 9. The van der Waals surface area contributed by atoms with Gasteiger partial charge in [0.05, 0.1) is 28.2 Å². The first-order valence-electron chi connectivity index (χ1n) is 7.91. The Balaban J connectivity index is 2.30. The Morgan fingerprint density at radius 2 is 1.85 bits per heavy atom. The van der Waals surface area contributed by atoms with Gasteiger partial charge in [0.2, 0.25) is 0 Å². The molecule has 1 N–H and O–H groups in total. The van der Waals surface area contributed by atoms with Crippen LogP contribution in [-0.2, 0) is 4.74 Å². The van der Waals surface area contributed by atoms with Gasteiger partial charge in [-0.3, -0.25) is 25.7 Å². The number of ether oxygens (including phenoxy) is 1. The van der Waals surface area contributed by atoms with Crippen LogP contribution in [0.1, 0.15) is 18.9 Å². The molecule has 0 aromatic heterocycles. The van der Waals surface area contributed by atoms with Gasteiger partial charge in [0, 0.05) is 19.1 Å². The first-order chi connectivity index (χ1) is 12.5. The lowest BCUT2D eigenvalue weighted by Gasteiger charge is -2.09. The van der Waals surface area contributed by atoms with Gasteiger partial charge >= 0.3 is 5.69 Å². The van der Waals surface area contributed by atoms with Crippen molar-refractivity contribution in [1.29, 1.82) is 0 Å². The van der Waals surface area contributed by atoms with Crippen molar-refractivity contribution in [2.45, 2.75) is 13.3 Å². The summed E-state index contributed by atoms with van der Waals surface area (Å²) < 4.78 is 5.35. The fourth-order valence-corrected chi connectivity index (χ4v) is 2.22. The number of benzene rings is 2. The number of nitro groups is 2. The van der Waals surface area contributed by atoms with E-state index >= 15 is 0 Å². The highest BCUT2D eigenvalue weighted by molar-refractivity contribution is 6.01. The molecule has 0 radical (unpaired) electrons. The molecular weight excluding hydrogens is 340 g/mol. The summed E-state index contributed by atoms with van der Waals surface area (Å²) >= 11 is 0. The molecule has 0 aliphatic carbocycles. The summed E-state index contributed by atoms with van der Waals surface area (Å²) in [5.41, 5.74) is 3.47. The van der Waals surface area contributed by atoms with Crippen LogP contribution in [0.15, 0.2) is 53.6 Å². The van der Waals surface area contributed by atoms with E-state index in [2.05, 4.69) is 10.5 Å². The Labute approximate surface area is 149 Å². The summed E-state index contributed by atoms with van der Waals surface area (Å²) in [5.74, 6) is 0. The smallest absolute Gasteiger partial charge is 0.301 e. The quantitative estimate of drug-likeness (QED) is 0.315. The lowest BCUT2D eigenvalue weighted by atomic mass is 10.1. The van der Waals surface area contributed by atoms with Crippen molar-refractivity contribution in [2.24, 2.45) is 5.10 Å². The van der Waals surface area contributed by atoms with E-state index in [1.165, 1.54) is 12.1 Å². The molecule has 26 heavy (non-hydrogen) atoms. The highest BCUT2D eigenvalue weighted by Crippen LogP contribution is 2.29. The van der Waals surface area contributed by atoms with Crippen LogP contribution in [0.4, 0.5) is 17.1 Å². The highest BCUT2D eigenvalue weighted by Gasteiger charge is 2.19. The molecule has 9 heteroatoms. The molecule has 2 rings (SSSR count). The van der Waals surface area contributed by atoms with Gasteiger partial charge in [0.25, 0.3) is 5.69 Å². The molecule has 2 aromatic rings. The molecule has 0 heterocycles. The number of anilines is 1. The third-order valence-corrected chi connectivity index (χ3v) is 3.49. The number of hydrazone groups is 1. The molecule has 0 unspecified atom stereocenters. The zero-order valence-corrected chi connectivity index (χ0v) is 14.1. The Bertz CT molecular complexity index is 808.